The molecule has 1 N–H and O–H groups in total. The molecule has 0 aromatic carbocycles. The van der Waals surface area contributed by atoms with Gasteiger partial charge in [-0.25, -0.2) is 5.43 Å². The molecule has 6 heteroatoms. The first-order chi connectivity index (χ1) is 8.25. The lowest BCUT2D eigenvalue weighted by atomic mass is 10.5. The van der Waals surface area contributed by atoms with Crippen molar-refractivity contribution in [2.75, 3.05) is 0 Å². The van der Waals surface area contributed by atoms with Gasteiger partial charge in [0.2, 0.25) is 0 Å². The maximum absolute atomic E-state index is 11.5. The van der Waals surface area contributed by atoms with E-state index in [1.807, 2.05) is 13.0 Å². The highest BCUT2D eigenvalue weighted by Crippen LogP contribution is 1.96. The van der Waals surface area contributed by atoms with Crippen molar-refractivity contribution in [3.63, 3.8) is 0 Å². The Morgan fingerprint density at radius 1 is 1.65 bits per heavy atom. The van der Waals surface area contributed by atoms with Crippen LogP contribution in [0.25, 0.3) is 0 Å². The molecule has 0 atom stereocenters. The van der Waals surface area contributed by atoms with Crippen LogP contribution >= 0.6 is 0 Å². The fraction of sp³-hybridized carbons (Fsp3) is 0.182. The number of amides is 1. The van der Waals surface area contributed by atoms with E-state index in [0.29, 0.717) is 5.76 Å². The Hall–Kier alpha value is -2.37. The summed E-state index contributed by atoms with van der Waals surface area (Å²) in [6.45, 7) is 2.03. The van der Waals surface area contributed by atoms with Gasteiger partial charge in [0.15, 0.2) is 0 Å². The van der Waals surface area contributed by atoms with E-state index in [1.54, 1.807) is 23.0 Å². The van der Waals surface area contributed by atoms with Gasteiger partial charge in [0.25, 0.3) is 5.91 Å². The molecule has 0 spiro atoms. The second-order valence-corrected chi connectivity index (χ2v) is 3.44. The summed E-state index contributed by atoms with van der Waals surface area (Å²) in [7, 11) is 0. The Labute approximate surface area is 97.9 Å². The number of aromatic nitrogens is 2. The number of aryl methyl sites for hydroxylation is 1. The minimum atomic E-state index is -0.236. The molecule has 6 nitrogen and oxygen atoms in total. The van der Waals surface area contributed by atoms with Crippen molar-refractivity contribution in [2.24, 2.45) is 5.10 Å². The summed E-state index contributed by atoms with van der Waals surface area (Å²) in [5.41, 5.74) is 3.32. The maximum Gasteiger partial charge on any atom is 0.261 e. The fourth-order valence-electron chi connectivity index (χ4n) is 1.27. The third-order valence-electron chi connectivity index (χ3n) is 2.15. The number of nitrogens with zero attached hydrogens (tertiary/aromatic N) is 3. The van der Waals surface area contributed by atoms with Crippen molar-refractivity contribution >= 4 is 12.1 Å². The quantitative estimate of drug-likeness (QED) is 0.629. The highest BCUT2D eigenvalue weighted by Gasteiger charge is 2.03. The van der Waals surface area contributed by atoms with Gasteiger partial charge < -0.3 is 4.42 Å². The van der Waals surface area contributed by atoms with Gasteiger partial charge in [0.1, 0.15) is 12.3 Å². The molecular weight excluding hydrogens is 220 g/mol. The zero-order chi connectivity index (χ0) is 12.1. The molecule has 0 saturated carbocycles. The van der Waals surface area contributed by atoms with Crippen LogP contribution in [0.1, 0.15) is 11.5 Å². The topological polar surface area (TPSA) is 72.4 Å². The van der Waals surface area contributed by atoms with E-state index in [1.165, 1.54) is 12.5 Å². The van der Waals surface area contributed by atoms with Gasteiger partial charge >= 0.3 is 0 Å². The summed E-state index contributed by atoms with van der Waals surface area (Å²) in [5.74, 6) is 0.347. The number of furan rings is 1. The largest absolute Gasteiger partial charge is 0.463 e. The van der Waals surface area contributed by atoms with Crippen LogP contribution in [-0.2, 0) is 11.3 Å². The molecular formula is C11H12N4O2. The van der Waals surface area contributed by atoms with Crippen LogP contribution < -0.4 is 5.43 Å². The number of nitrogens with one attached hydrogen (secondary N) is 1. The van der Waals surface area contributed by atoms with Crippen molar-refractivity contribution in [1.82, 2.24) is 15.2 Å². The van der Waals surface area contributed by atoms with Crippen LogP contribution in [0.15, 0.2) is 40.2 Å². The van der Waals surface area contributed by atoms with Crippen LogP contribution in [0, 0.1) is 6.92 Å². The molecule has 0 aliphatic rings. The van der Waals surface area contributed by atoms with Gasteiger partial charge in [0, 0.05) is 11.9 Å². The van der Waals surface area contributed by atoms with E-state index in [2.05, 4.69) is 15.6 Å². The number of hydrazone groups is 1. The molecule has 0 fully saturated rings. The van der Waals surface area contributed by atoms with E-state index in [9.17, 15) is 4.79 Å². The first-order valence-corrected chi connectivity index (χ1v) is 5.09. The molecule has 2 aromatic heterocycles. The number of rotatable bonds is 4. The molecule has 88 valence electrons. The molecule has 0 saturated heterocycles. The summed E-state index contributed by atoms with van der Waals surface area (Å²) in [6.07, 6.45) is 4.62. The first kappa shape index (κ1) is 11.1. The highest BCUT2D eigenvalue weighted by molar-refractivity contribution is 5.80. The van der Waals surface area contributed by atoms with Gasteiger partial charge in [-0.1, -0.05) is 0 Å². The molecule has 2 heterocycles. The number of carbonyl (C=O) groups is 1. The number of hydrogen-bond acceptors (Lipinski definition) is 4. The molecule has 0 aliphatic heterocycles. The Morgan fingerprint density at radius 2 is 2.53 bits per heavy atom. The van der Waals surface area contributed by atoms with Crippen LogP contribution in [0.2, 0.25) is 0 Å². The molecule has 2 rings (SSSR count). The lowest BCUT2D eigenvalue weighted by Crippen LogP contribution is -2.24. The van der Waals surface area contributed by atoms with Crippen LogP contribution in [0.5, 0.6) is 0 Å². The number of carbonyl (C=O) groups excluding carboxylic acids is 1. The Morgan fingerprint density at radius 3 is 3.18 bits per heavy atom. The van der Waals surface area contributed by atoms with Crippen molar-refractivity contribution in [3.8, 4) is 0 Å². The lowest BCUT2D eigenvalue weighted by molar-refractivity contribution is -0.121. The Balaban J connectivity index is 1.84. The third-order valence-corrected chi connectivity index (χ3v) is 2.15. The Bertz CT molecular complexity index is 513. The minimum absolute atomic E-state index is 0.147. The molecule has 0 unspecified atom stereocenters. The third kappa shape index (κ3) is 3.04. The number of hydrogen-bond donors (Lipinski definition) is 1. The van der Waals surface area contributed by atoms with E-state index in [4.69, 9.17) is 4.42 Å². The average Bonchev–Trinajstić information content (AvgIpc) is 2.92. The van der Waals surface area contributed by atoms with Crippen LogP contribution in [0.4, 0.5) is 0 Å². The van der Waals surface area contributed by atoms with Gasteiger partial charge in [-0.2, -0.15) is 10.2 Å². The molecule has 1 amide bonds. The standard InChI is InChI=1S/C11H12N4O2/c1-9-4-5-13-15(9)8-11(16)14-12-7-10-3-2-6-17-10/h2-7H,8H2,1H3,(H,14,16)/b12-7-. The lowest BCUT2D eigenvalue weighted by Gasteiger charge is -2.02. The molecule has 0 bridgehead atoms. The van der Waals surface area contributed by atoms with Gasteiger partial charge in [-0.15, -0.1) is 0 Å². The van der Waals surface area contributed by atoms with Crippen LogP contribution in [-0.4, -0.2) is 21.9 Å². The zero-order valence-corrected chi connectivity index (χ0v) is 9.33. The second kappa shape index (κ2) is 5.11. The van der Waals surface area contributed by atoms with Crippen molar-refractivity contribution < 1.29 is 9.21 Å². The molecule has 2 aromatic rings. The predicted molar refractivity (Wildman–Crippen MR) is 61.4 cm³/mol. The summed E-state index contributed by atoms with van der Waals surface area (Å²) in [4.78, 5) is 11.5. The predicted octanol–water partition coefficient (Wildman–Crippen LogP) is 0.935. The molecule has 0 radical (unpaired) electrons. The van der Waals surface area contributed by atoms with Crippen LogP contribution in [0.3, 0.4) is 0 Å². The van der Waals surface area contributed by atoms with Crippen molar-refractivity contribution in [1.29, 1.82) is 0 Å². The van der Waals surface area contributed by atoms with Gasteiger partial charge in [0.05, 0.1) is 12.5 Å². The average molecular weight is 232 g/mol. The van der Waals surface area contributed by atoms with E-state index in [-0.39, 0.29) is 12.5 Å². The monoisotopic (exact) mass is 232 g/mol. The van der Waals surface area contributed by atoms with Gasteiger partial charge in [-0.05, 0) is 25.1 Å². The van der Waals surface area contributed by atoms with E-state index >= 15 is 0 Å². The normalized spacial score (nSPS) is 10.9. The molecule has 17 heavy (non-hydrogen) atoms. The maximum atomic E-state index is 11.5. The highest BCUT2D eigenvalue weighted by atomic mass is 16.3. The Kier molecular flexibility index (Phi) is 3.34. The first-order valence-electron chi connectivity index (χ1n) is 5.09. The summed E-state index contributed by atoms with van der Waals surface area (Å²) < 4.78 is 6.62. The molecule has 0 aliphatic carbocycles. The van der Waals surface area contributed by atoms with Crippen molar-refractivity contribution in [2.45, 2.75) is 13.5 Å². The second-order valence-electron chi connectivity index (χ2n) is 3.44. The SMILES string of the molecule is Cc1ccnn1CC(=O)N/N=C\c1ccco1. The smallest absolute Gasteiger partial charge is 0.261 e. The zero-order valence-electron chi connectivity index (χ0n) is 9.33. The van der Waals surface area contributed by atoms with Gasteiger partial charge in [-0.3, -0.25) is 9.48 Å². The van der Waals surface area contributed by atoms with E-state index in [0.717, 1.165) is 5.69 Å². The summed E-state index contributed by atoms with van der Waals surface area (Å²) in [5, 5.41) is 7.76. The fourth-order valence-corrected chi connectivity index (χ4v) is 1.27. The minimum Gasteiger partial charge on any atom is -0.463 e. The van der Waals surface area contributed by atoms with Crippen molar-refractivity contribution in [3.05, 3.63) is 42.1 Å². The summed E-state index contributed by atoms with van der Waals surface area (Å²) >= 11 is 0. The summed E-state index contributed by atoms with van der Waals surface area (Å²) in [6, 6.07) is 5.32. The van der Waals surface area contributed by atoms with E-state index < -0.39 is 0 Å².